The van der Waals surface area contributed by atoms with Crippen LogP contribution < -0.4 is 26.1 Å². The average Bonchev–Trinajstić information content (AvgIpc) is 3.15. The third kappa shape index (κ3) is 5.85. The van der Waals surface area contributed by atoms with Gasteiger partial charge in [0.2, 0.25) is 11.1 Å². The monoisotopic (exact) mass is 442 g/mol. The van der Waals surface area contributed by atoms with Crippen LogP contribution in [0.2, 0.25) is 0 Å². The number of hydrogen-bond donors (Lipinski definition) is 3. The minimum Gasteiger partial charge on any atom is -0.497 e. The van der Waals surface area contributed by atoms with Crippen LogP contribution in [0, 0.1) is 0 Å². The maximum absolute atomic E-state index is 12.3. The number of aromatic nitrogens is 4. The molecule has 0 aliphatic carbocycles. The van der Waals surface area contributed by atoms with E-state index in [1.165, 1.54) is 18.9 Å². The van der Waals surface area contributed by atoms with Crippen LogP contribution in [-0.4, -0.2) is 51.4 Å². The molecule has 12 heteroatoms. The molecule has 2 aromatic heterocycles. The summed E-state index contributed by atoms with van der Waals surface area (Å²) in [4.78, 5) is 16.5. The molecule has 0 aliphatic rings. The van der Waals surface area contributed by atoms with E-state index in [1.807, 2.05) is 18.2 Å². The fourth-order valence-corrected chi connectivity index (χ4v) is 3.08. The number of hydrazone groups is 1. The van der Waals surface area contributed by atoms with E-state index in [9.17, 15) is 4.79 Å². The Labute approximate surface area is 183 Å². The molecule has 1 amide bonds. The summed E-state index contributed by atoms with van der Waals surface area (Å²) in [5, 5.41) is 15.3. The molecule has 0 atom stereocenters. The number of methoxy groups -OCH3 is 2. The predicted molar refractivity (Wildman–Crippen MR) is 119 cm³/mol. The van der Waals surface area contributed by atoms with Crippen LogP contribution in [0.3, 0.4) is 0 Å². The summed E-state index contributed by atoms with van der Waals surface area (Å²) in [6.07, 6.45) is 1.68. The summed E-state index contributed by atoms with van der Waals surface area (Å²) >= 11 is 1.13. The third-order valence-corrected chi connectivity index (χ3v) is 4.93. The molecule has 0 spiro atoms. The molecule has 162 valence electrons. The molecule has 0 bridgehead atoms. The van der Waals surface area contributed by atoms with Crippen molar-refractivity contribution in [1.82, 2.24) is 19.9 Å². The molecule has 0 unspecified atom stereocenters. The number of nitrogen functional groups attached to an aromatic ring is 1. The number of nitrogens with zero attached hydrogens (tertiary/aromatic N) is 5. The standard InChI is InChI=1S/C19H22N8O3S/c1-12(16-6-4-5-7-21-16)23-24-18-25-26-19(27(18)20)31-11-17(28)22-13-8-14(29-2)10-15(9-13)30-3/h4-10H,11,20H2,1-3H3,(H,22,28)(H,24,25)/b23-12+. The van der Waals surface area contributed by atoms with Gasteiger partial charge in [0, 0.05) is 30.1 Å². The number of pyridine rings is 1. The Morgan fingerprint density at radius 3 is 2.58 bits per heavy atom. The van der Waals surface area contributed by atoms with Gasteiger partial charge in [0.15, 0.2) is 0 Å². The number of nitrogens with one attached hydrogen (secondary N) is 2. The summed E-state index contributed by atoms with van der Waals surface area (Å²) in [7, 11) is 3.08. The third-order valence-electron chi connectivity index (χ3n) is 3.99. The van der Waals surface area contributed by atoms with Crippen molar-refractivity contribution < 1.29 is 14.3 Å². The molecule has 2 heterocycles. The molecule has 0 aliphatic heterocycles. The first kappa shape index (κ1) is 21.9. The molecular formula is C19H22N8O3S. The van der Waals surface area contributed by atoms with E-state index in [-0.39, 0.29) is 17.6 Å². The first-order valence-electron chi connectivity index (χ1n) is 9.08. The highest BCUT2D eigenvalue weighted by Gasteiger charge is 2.13. The summed E-state index contributed by atoms with van der Waals surface area (Å²) in [5.74, 6) is 7.20. The highest BCUT2D eigenvalue weighted by Crippen LogP contribution is 2.26. The molecule has 0 saturated heterocycles. The van der Waals surface area contributed by atoms with Gasteiger partial charge < -0.3 is 20.6 Å². The lowest BCUT2D eigenvalue weighted by Crippen LogP contribution is -2.17. The first-order valence-corrected chi connectivity index (χ1v) is 10.1. The molecule has 0 fully saturated rings. The van der Waals surface area contributed by atoms with Crippen LogP contribution in [0.15, 0.2) is 52.9 Å². The minimum absolute atomic E-state index is 0.0745. The molecule has 31 heavy (non-hydrogen) atoms. The SMILES string of the molecule is COc1cc(NC(=O)CSc2nnc(N/N=C(\C)c3ccccn3)n2N)cc(OC)c1. The lowest BCUT2D eigenvalue weighted by Gasteiger charge is -2.09. The van der Waals surface area contributed by atoms with Gasteiger partial charge in [-0.25, -0.2) is 10.1 Å². The van der Waals surface area contributed by atoms with Crippen molar-refractivity contribution in [2.75, 3.05) is 36.6 Å². The smallest absolute Gasteiger partial charge is 0.264 e. The lowest BCUT2D eigenvalue weighted by atomic mass is 10.2. The second kappa shape index (κ2) is 10.3. The Bertz CT molecular complexity index is 1050. The van der Waals surface area contributed by atoms with Crippen molar-refractivity contribution in [3.05, 3.63) is 48.3 Å². The summed E-state index contributed by atoms with van der Waals surface area (Å²) in [6.45, 7) is 1.81. The number of benzene rings is 1. The van der Waals surface area contributed by atoms with E-state index in [0.29, 0.717) is 28.1 Å². The highest BCUT2D eigenvalue weighted by atomic mass is 32.2. The van der Waals surface area contributed by atoms with Gasteiger partial charge in [-0.2, -0.15) is 5.10 Å². The van der Waals surface area contributed by atoms with Gasteiger partial charge in [0.05, 0.1) is 31.4 Å². The Balaban J connectivity index is 1.58. The van der Waals surface area contributed by atoms with E-state index in [0.717, 1.165) is 17.5 Å². The van der Waals surface area contributed by atoms with Crippen molar-refractivity contribution in [3.63, 3.8) is 0 Å². The van der Waals surface area contributed by atoms with E-state index < -0.39 is 0 Å². The molecule has 1 aromatic carbocycles. The van der Waals surface area contributed by atoms with Crippen molar-refractivity contribution in [1.29, 1.82) is 0 Å². The van der Waals surface area contributed by atoms with Gasteiger partial charge >= 0.3 is 0 Å². The van der Waals surface area contributed by atoms with E-state index in [2.05, 4.69) is 31.0 Å². The Morgan fingerprint density at radius 2 is 1.94 bits per heavy atom. The maximum Gasteiger partial charge on any atom is 0.264 e. The first-order chi connectivity index (χ1) is 15.0. The van der Waals surface area contributed by atoms with Crippen LogP contribution in [0.5, 0.6) is 11.5 Å². The predicted octanol–water partition coefficient (Wildman–Crippen LogP) is 1.97. The number of anilines is 2. The fourth-order valence-electron chi connectivity index (χ4n) is 2.43. The zero-order chi connectivity index (χ0) is 22.2. The van der Waals surface area contributed by atoms with Crippen molar-refractivity contribution in [2.45, 2.75) is 12.1 Å². The molecular weight excluding hydrogens is 420 g/mol. The Morgan fingerprint density at radius 1 is 1.19 bits per heavy atom. The molecule has 3 rings (SSSR count). The normalized spacial score (nSPS) is 11.1. The highest BCUT2D eigenvalue weighted by molar-refractivity contribution is 7.99. The quantitative estimate of drug-likeness (QED) is 0.196. The molecule has 11 nitrogen and oxygen atoms in total. The Kier molecular flexibility index (Phi) is 7.27. The van der Waals surface area contributed by atoms with E-state index in [4.69, 9.17) is 15.3 Å². The van der Waals surface area contributed by atoms with Gasteiger partial charge in [-0.15, -0.1) is 10.2 Å². The number of rotatable bonds is 9. The number of carbonyl (C=O) groups excluding carboxylic acids is 1. The van der Waals surface area contributed by atoms with Crippen LogP contribution in [-0.2, 0) is 4.79 Å². The lowest BCUT2D eigenvalue weighted by molar-refractivity contribution is -0.113. The second-order valence-corrected chi connectivity index (χ2v) is 7.08. The fraction of sp³-hybridized carbons (Fsp3) is 0.211. The second-order valence-electron chi connectivity index (χ2n) is 6.14. The minimum atomic E-state index is -0.248. The maximum atomic E-state index is 12.3. The number of thioether (sulfide) groups is 1. The Hall–Kier alpha value is -3.80. The molecule has 4 N–H and O–H groups in total. The van der Waals surface area contributed by atoms with Gasteiger partial charge in [0.25, 0.3) is 5.95 Å². The molecule has 0 saturated carbocycles. The zero-order valence-electron chi connectivity index (χ0n) is 17.2. The van der Waals surface area contributed by atoms with Gasteiger partial charge in [-0.1, -0.05) is 17.8 Å². The number of nitrogens with two attached hydrogens (primary N) is 1. The number of amides is 1. The van der Waals surface area contributed by atoms with Crippen LogP contribution in [0.1, 0.15) is 12.6 Å². The average molecular weight is 443 g/mol. The van der Waals surface area contributed by atoms with Gasteiger partial charge in [-0.05, 0) is 19.1 Å². The van der Waals surface area contributed by atoms with Crippen LogP contribution in [0.4, 0.5) is 11.6 Å². The summed E-state index contributed by atoms with van der Waals surface area (Å²) in [5.41, 5.74) is 4.69. The van der Waals surface area contributed by atoms with Gasteiger partial charge in [-0.3, -0.25) is 9.78 Å². The zero-order valence-corrected chi connectivity index (χ0v) is 18.0. The van der Waals surface area contributed by atoms with E-state index in [1.54, 1.807) is 31.3 Å². The largest absolute Gasteiger partial charge is 0.497 e. The molecule has 0 radical (unpaired) electrons. The number of ether oxygens (including phenoxy) is 2. The van der Waals surface area contributed by atoms with Crippen molar-refractivity contribution in [2.24, 2.45) is 5.10 Å². The van der Waals surface area contributed by atoms with Crippen LogP contribution in [0.25, 0.3) is 0 Å². The number of carbonyl (C=O) groups is 1. The molecule has 3 aromatic rings. The van der Waals surface area contributed by atoms with E-state index >= 15 is 0 Å². The topological polar surface area (TPSA) is 142 Å². The summed E-state index contributed by atoms with van der Waals surface area (Å²) in [6, 6.07) is 10.6. The number of hydrogen-bond acceptors (Lipinski definition) is 10. The van der Waals surface area contributed by atoms with Crippen LogP contribution >= 0.6 is 11.8 Å². The van der Waals surface area contributed by atoms with Crippen molar-refractivity contribution in [3.8, 4) is 11.5 Å². The van der Waals surface area contributed by atoms with Crippen molar-refractivity contribution >= 4 is 35.0 Å². The van der Waals surface area contributed by atoms with Gasteiger partial charge in [0.1, 0.15) is 11.5 Å². The summed E-state index contributed by atoms with van der Waals surface area (Å²) < 4.78 is 11.6.